The summed E-state index contributed by atoms with van der Waals surface area (Å²) in [4.78, 5) is 30.8. The fourth-order valence-corrected chi connectivity index (χ4v) is 2.13. The van der Waals surface area contributed by atoms with Crippen LogP contribution in [0.5, 0.6) is 0 Å². The molecule has 0 saturated carbocycles. The van der Waals surface area contributed by atoms with Gasteiger partial charge < -0.3 is 14.7 Å². The highest BCUT2D eigenvalue weighted by molar-refractivity contribution is 5.79. The number of H-pyrrole nitrogens is 1. The van der Waals surface area contributed by atoms with Gasteiger partial charge in [0.25, 0.3) is 5.56 Å². The SMILES string of the molecule is Cc1nc(C)c(CC(=O)NC(C)c2nnc(C(C)C)o2)c(=O)[nH]1. The zero-order valence-electron chi connectivity index (χ0n) is 13.9. The number of amides is 1. The van der Waals surface area contributed by atoms with Crippen LogP contribution in [0.15, 0.2) is 9.21 Å². The Kier molecular flexibility index (Phi) is 4.92. The molecule has 0 aliphatic rings. The maximum Gasteiger partial charge on any atom is 0.254 e. The second-order valence-electron chi connectivity index (χ2n) is 5.81. The van der Waals surface area contributed by atoms with Gasteiger partial charge in [-0.25, -0.2) is 4.98 Å². The van der Waals surface area contributed by atoms with Crippen molar-refractivity contribution in [3.63, 3.8) is 0 Å². The highest BCUT2D eigenvalue weighted by Gasteiger charge is 2.19. The average Bonchev–Trinajstić information content (AvgIpc) is 2.92. The lowest BCUT2D eigenvalue weighted by atomic mass is 10.1. The molecule has 2 N–H and O–H groups in total. The Morgan fingerprint density at radius 3 is 2.43 bits per heavy atom. The van der Waals surface area contributed by atoms with Gasteiger partial charge in [0.1, 0.15) is 11.9 Å². The first-order chi connectivity index (χ1) is 10.8. The van der Waals surface area contributed by atoms with E-state index in [1.54, 1.807) is 20.8 Å². The quantitative estimate of drug-likeness (QED) is 0.859. The van der Waals surface area contributed by atoms with Crippen LogP contribution in [0, 0.1) is 13.8 Å². The van der Waals surface area contributed by atoms with Gasteiger partial charge in [0.05, 0.1) is 6.42 Å². The molecule has 1 atom stereocenters. The van der Waals surface area contributed by atoms with E-state index in [-0.39, 0.29) is 23.8 Å². The second kappa shape index (κ2) is 6.72. The van der Waals surface area contributed by atoms with E-state index in [0.29, 0.717) is 28.9 Å². The molecule has 1 unspecified atom stereocenters. The number of aryl methyl sites for hydroxylation is 2. The molecular formula is C15H21N5O3. The molecule has 2 rings (SSSR count). The van der Waals surface area contributed by atoms with Crippen LogP contribution in [0.3, 0.4) is 0 Å². The molecule has 1 amide bonds. The zero-order chi connectivity index (χ0) is 17.1. The molecule has 8 heteroatoms. The fourth-order valence-electron chi connectivity index (χ4n) is 2.13. The van der Waals surface area contributed by atoms with Crippen molar-refractivity contribution in [1.29, 1.82) is 0 Å². The minimum absolute atomic E-state index is 0.0516. The van der Waals surface area contributed by atoms with E-state index in [1.165, 1.54) is 0 Å². The maximum absolute atomic E-state index is 12.1. The normalized spacial score (nSPS) is 12.4. The summed E-state index contributed by atoms with van der Waals surface area (Å²) < 4.78 is 5.50. The third-order valence-corrected chi connectivity index (χ3v) is 3.38. The number of rotatable bonds is 5. The summed E-state index contributed by atoms with van der Waals surface area (Å²) in [5.41, 5.74) is 0.611. The van der Waals surface area contributed by atoms with Gasteiger partial charge in [-0.15, -0.1) is 10.2 Å². The number of hydrogen-bond acceptors (Lipinski definition) is 6. The molecule has 0 radical (unpaired) electrons. The molecule has 124 valence electrons. The van der Waals surface area contributed by atoms with Crippen molar-refractivity contribution < 1.29 is 9.21 Å². The minimum atomic E-state index is -0.430. The Labute approximate surface area is 133 Å². The molecule has 2 aromatic heterocycles. The van der Waals surface area contributed by atoms with Crippen LogP contribution >= 0.6 is 0 Å². The third kappa shape index (κ3) is 4.02. The van der Waals surface area contributed by atoms with Crippen molar-refractivity contribution in [2.75, 3.05) is 0 Å². The zero-order valence-corrected chi connectivity index (χ0v) is 13.9. The van der Waals surface area contributed by atoms with Gasteiger partial charge in [-0.2, -0.15) is 0 Å². The van der Waals surface area contributed by atoms with Crippen molar-refractivity contribution in [3.8, 4) is 0 Å². The van der Waals surface area contributed by atoms with Crippen molar-refractivity contribution >= 4 is 5.91 Å². The van der Waals surface area contributed by atoms with E-state index < -0.39 is 6.04 Å². The number of aromatic amines is 1. The second-order valence-corrected chi connectivity index (χ2v) is 5.81. The smallest absolute Gasteiger partial charge is 0.254 e. The standard InChI is InChI=1S/C15H21N5O3/c1-7(2)14-19-20-15(23-14)9(4)17-12(21)6-11-8(3)16-10(5)18-13(11)22/h7,9H,6H2,1-5H3,(H,17,21)(H,16,18,22). The molecule has 0 aliphatic carbocycles. The molecular weight excluding hydrogens is 298 g/mol. The summed E-state index contributed by atoms with van der Waals surface area (Å²) >= 11 is 0. The van der Waals surface area contributed by atoms with Gasteiger partial charge in [0.2, 0.25) is 17.7 Å². The molecule has 23 heavy (non-hydrogen) atoms. The average molecular weight is 319 g/mol. The maximum atomic E-state index is 12.1. The monoisotopic (exact) mass is 319 g/mol. The lowest BCUT2D eigenvalue weighted by molar-refractivity contribution is -0.121. The summed E-state index contributed by atoms with van der Waals surface area (Å²) in [7, 11) is 0. The molecule has 2 aromatic rings. The fraction of sp³-hybridized carbons (Fsp3) is 0.533. The molecule has 2 heterocycles. The molecule has 0 bridgehead atoms. The van der Waals surface area contributed by atoms with E-state index in [1.807, 2.05) is 13.8 Å². The Morgan fingerprint density at radius 1 is 1.22 bits per heavy atom. The van der Waals surface area contributed by atoms with Crippen molar-refractivity contribution in [2.45, 2.75) is 53.0 Å². The number of nitrogens with one attached hydrogen (secondary N) is 2. The van der Waals surface area contributed by atoms with Gasteiger partial charge in [-0.05, 0) is 20.8 Å². The van der Waals surface area contributed by atoms with E-state index >= 15 is 0 Å². The van der Waals surface area contributed by atoms with Crippen LogP contribution in [0.1, 0.15) is 61.6 Å². The number of aromatic nitrogens is 4. The predicted molar refractivity (Wildman–Crippen MR) is 83.0 cm³/mol. The molecule has 8 nitrogen and oxygen atoms in total. The van der Waals surface area contributed by atoms with E-state index in [0.717, 1.165) is 0 Å². The van der Waals surface area contributed by atoms with E-state index in [4.69, 9.17) is 4.42 Å². The van der Waals surface area contributed by atoms with E-state index in [2.05, 4.69) is 25.5 Å². The van der Waals surface area contributed by atoms with Crippen LogP contribution in [-0.2, 0) is 11.2 Å². The number of carbonyl (C=O) groups is 1. The van der Waals surface area contributed by atoms with Gasteiger partial charge in [-0.1, -0.05) is 13.8 Å². The first-order valence-corrected chi connectivity index (χ1v) is 7.47. The van der Waals surface area contributed by atoms with E-state index in [9.17, 15) is 9.59 Å². The first kappa shape index (κ1) is 16.9. The van der Waals surface area contributed by atoms with Gasteiger partial charge in [-0.3, -0.25) is 9.59 Å². The predicted octanol–water partition coefficient (Wildman–Crippen LogP) is 1.31. The molecule has 0 fully saturated rings. The number of carbonyl (C=O) groups excluding carboxylic acids is 1. The Morgan fingerprint density at radius 2 is 1.87 bits per heavy atom. The van der Waals surface area contributed by atoms with Crippen LogP contribution in [0.25, 0.3) is 0 Å². The van der Waals surface area contributed by atoms with Crippen LogP contribution in [0.4, 0.5) is 0 Å². The van der Waals surface area contributed by atoms with Crippen LogP contribution in [0.2, 0.25) is 0 Å². The molecule has 0 spiro atoms. The van der Waals surface area contributed by atoms with Crippen molar-refractivity contribution in [3.05, 3.63) is 39.2 Å². The lowest BCUT2D eigenvalue weighted by Gasteiger charge is -2.10. The lowest BCUT2D eigenvalue weighted by Crippen LogP contribution is -2.31. The largest absolute Gasteiger partial charge is 0.423 e. The van der Waals surface area contributed by atoms with Gasteiger partial charge >= 0.3 is 0 Å². The van der Waals surface area contributed by atoms with Crippen LogP contribution in [-0.4, -0.2) is 26.1 Å². The number of hydrogen-bond donors (Lipinski definition) is 2. The van der Waals surface area contributed by atoms with Crippen LogP contribution < -0.4 is 10.9 Å². The Bertz CT molecular complexity index is 763. The topological polar surface area (TPSA) is 114 Å². The molecule has 0 aromatic carbocycles. The Hall–Kier alpha value is -2.51. The summed E-state index contributed by atoms with van der Waals surface area (Å²) in [5.74, 6) is 1.21. The molecule has 0 aliphatic heterocycles. The molecule has 0 saturated heterocycles. The summed E-state index contributed by atoms with van der Waals surface area (Å²) in [6.45, 7) is 9.05. The minimum Gasteiger partial charge on any atom is -0.423 e. The highest BCUT2D eigenvalue weighted by atomic mass is 16.4. The first-order valence-electron chi connectivity index (χ1n) is 7.47. The van der Waals surface area contributed by atoms with Crippen molar-refractivity contribution in [1.82, 2.24) is 25.5 Å². The van der Waals surface area contributed by atoms with Crippen molar-refractivity contribution in [2.24, 2.45) is 0 Å². The Balaban J connectivity index is 2.06. The summed E-state index contributed by atoms with van der Waals surface area (Å²) in [6.07, 6.45) is -0.0516. The third-order valence-electron chi connectivity index (χ3n) is 3.38. The number of nitrogens with zero attached hydrogens (tertiary/aromatic N) is 3. The summed E-state index contributed by atoms with van der Waals surface area (Å²) in [6, 6.07) is -0.430. The van der Waals surface area contributed by atoms with Gasteiger partial charge in [0, 0.05) is 17.2 Å². The summed E-state index contributed by atoms with van der Waals surface area (Å²) in [5, 5.41) is 10.6. The highest BCUT2D eigenvalue weighted by Crippen LogP contribution is 2.16. The van der Waals surface area contributed by atoms with Gasteiger partial charge in [0.15, 0.2) is 0 Å².